The van der Waals surface area contributed by atoms with Gasteiger partial charge in [-0.25, -0.2) is 9.78 Å². The highest BCUT2D eigenvalue weighted by atomic mass is 35.5. The summed E-state index contributed by atoms with van der Waals surface area (Å²) < 4.78 is 43.5. The number of amides is 1. The van der Waals surface area contributed by atoms with Crippen LogP contribution in [0.5, 0.6) is 0 Å². The molecule has 2 rings (SSSR count). The van der Waals surface area contributed by atoms with E-state index in [1.807, 2.05) is 0 Å². The van der Waals surface area contributed by atoms with Gasteiger partial charge in [0.25, 0.3) is 0 Å². The molecular weight excluding hydrogens is 311 g/mol. The molecule has 21 heavy (non-hydrogen) atoms. The van der Waals surface area contributed by atoms with E-state index in [2.05, 4.69) is 15.0 Å². The average molecular weight is 320 g/mol. The summed E-state index contributed by atoms with van der Waals surface area (Å²) in [5.41, 5.74) is -0.953. The number of hydrogen-bond acceptors (Lipinski definition) is 3. The Hall–Kier alpha value is -2.22. The van der Waals surface area contributed by atoms with Crippen molar-refractivity contribution in [1.82, 2.24) is 9.55 Å². The molecule has 0 saturated heterocycles. The molecular formula is C12H9ClF3N3O2. The Morgan fingerprint density at radius 1 is 1.48 bits per heavy atom. The zero-order chi connectivity index (χ0) is 15.6. The first-order valence-corrected chi connectivity index (χ1v) is 5.96. The van der Waals surface area contributed by atoms with Gasteiger partial charge in [-0.1, -0.05) is 11.6 Å². The Bertz CT molecular complexity index is 670. The van der Waals surface area contributed by atoms with Crippen molar-refractivity contribution in [3.8, 4) is 5.82 Å². The number of aromatic nitrogens is 2. The maximum absolute atomic E-state index is 12.6. The summed E-state index contributed by atoms with van der Waals surface area (Å²) in [4.78, 5) is 14.9. The minimum Gasteiger partial charge on any atom is -0.453 e. The van der Waals surface area contributed by atoms with Gasteiger partial charge >= 0.3 is 12.3 Å². The molecule has 5 nitrogen and oxygen atoms in total. The molecule has 2 aromatic heterocycles. The fourth-order valence-corrected chi connectivity index (χ4v) is 1.84. The van der Waals surface area contributed by atoms with E-state index in [9.17, 15) is 18.0 Å². The van der Waals surface area contributed by atoms with Gasteiger partial charge in [0.1, 0.15) is 5.82 Å². The van der Waals surface area contributed by atoms with Gasteiger partial charge in [-0.3, -0.25) is 9.88 Å². The molecule has 0 aromatic carbocycles. The van der Waals surface area contributed by atoms with Crippen molar-refractivity contribution in [3.63, 3.8) is 0 Å². The molecule has 1 N–H and O–H groups in total. The van der Waals surface area contributed by atoms with Crippen molar-refractivity contribution >= 4 is 23.5 Å². The van der Waals surface area contributed by atoms with Crippen LogP contribution in [0.25, 0.3) is 5.82 Å². The van der Waals surface area contributed by atoms with Gasteiger partial charge in [0.05, 0.1) is 17.7 Å². The second-order valence-corrected chi connectivity index (χ2v) is 4.31. The van der Waals surface area contributed by atoms with Crippen LogP contribution in [0.1, 0.15) is 5.56 Å². The maximum Gasteiger partial charge on any atom is 0.417 e. The molecule has 9 heteroatoms. The number of nitrogens with zero attached hydrogens (tertiary/aromatic N) is 2. The SMILES string of the molecule is COC(=O)Nc1cccn1-c1ncc(C(F)(F)F)cc1Cl. The predicted molar refractivity (Wildman–Crippen MR) is 69.6 cm³/mol. The third-order valence-electron chi connectivity index (χ3n) is 2.54. The Labute approximate surface area is 122 Å². The zero-order valence-corrected chi connectivity index (χ0v) is 11.4. The number of hydrogen-bond donors (Lipinski definition) is 1. The number of ether oxygens (including phenoxy) is 1. The molecule has 0 radical (unpaired) electrons. The van der Waals surface area contributed by atoms with Crippen LogP contribution < -0.4 is 5.32 Å². The van der Waals surface area contributed by atoms with Crippen LogP contribution in [-0.4, -0.2) is 22.8 Å². The summed E-state index contributed by atoms with van der Waals surface area (Å²) >= 11 is 5.84. The highest BCUT2D eigenvalue weighted by molar-refractivity contribution is 6.32. The lowest BCUT2D eigenvalue weighted by molar-refractivity contribution is -0.137. The van der Waals surface area contributed by atoms with Crippen LogP contribution in [0.4, 0.5) is 23.8 Å². The zero-order valence-electron chi connectivity index (χ0n) is 10.6. The predicted octanol–water partition coefficient (Wildman–Crippen LogP) is 3.72. The molecule has 2 heterocycles. The van der Waals surface area contributed by atoms with Crippen LogP contribution in [0.3, 0.4) is 0 Å². The average Bonchev–Trinajstić information content (AvgIpc) is 2.85. The van der Waals surface area contributed by atoms with Gasteiger partial charge in [-0.15, -0.1) is 0 Å². The molecule has 0 aliphatic rings. The molecule has 112 valence electrons. The topological polar surface area (TPSA) is 56.1 Å². The Kier molecular flexibility index (Phi) is 4.08. The standard InChI is InChI=1S/C12H9ClF3N3O2/c1-21-11(20)18-9-3-2-4-19(9)10-8(13)5-7(6-17-10)12(14,15)16/h2-6H,1H3,(H,18,20). The van der Waals surface area contributed by atoms with Gasteiger partial charge < -0.3 is 4.74 Å². The van der Waals surface area contributed by atoms with Gasteiger partial charge in [0.15, 0.2) is 5.82 Å². The fourth-order valence-electron chi connectivity index (χ4n) is 1.59. The Morgan fingerprint density at radius 3 is 2.76 bits per heavy atom. The number of nitrogens with one attached hydrogen (secondary N) is 1. The summed E-state index contributed by atoms with van der Waals surface area (Å²) in [6, 6.07) is 3.86. The molecule has 0 fully saturated rings. The van der Waals surface area contributed by atoms with Gasteiger partial charge in [0, 0.05) is 12.4 Å². The Morgan fingerprint density at radius 2 is 2.19 bits per heavy atom. The number of rotatable bonds is 2. The van der Waals surface area contributed by atoms with E-state index in [0.29, 0.717) is 6.20 Å². The van der Waals surface area contributed by atoms with Crippen LogP contribution in [0.15, 0.2) is 30.6 Å². The van der Waals surface area contributed by atoms with E-state index >= 15 is 0 Å². The third kappa shape index (κ3) is 3.27. The first-order chi connectivity index (χ1) is 9.82. The van der Waals surface area contributed by atoms with Gasteiger partial charge in [-0.2, -0.15) is 13.2 Å². The highest BCUT2D eigenvalue weighted by Crippen LogP contribution is 2.32. The maximum atomic E-state index is 12.6. The molecule has 1 amide bonds. The number of halogens is 4. The number of methoxy groups -OCH3 is 1. The van der Waals surface area contributed by atoms with Crippen LogP contribution in [0, 0.1) is 0 Å². The second-order valence-electron chi connectivity index (χ2n) is 3.91. The lowest BCUT2D eigenvalue weighted by Gasteiger charge is -2.12. The van der Waals surface area contributed by atoms with Crippen molar-refractivity contribution in [2.75, 3.05) is 12.4 Å². The van der Waals surface area contributed by atoms with E-state index in [-0.39, 0.29) is 16.7 Å². The molecule has 0 aliphatic heterocycles. The highest BCUT2D eigenvalue weighted by Gasteiger charge is 2.31. The van der Waals surface area contributed by atoms with Crippen LogP contribution in [0.2, 0.25) is 5.02 Å². The second kappa shape index (κ2) is 5.65. The number of alkyl halides is 3. The monoisotopic (exact) mass is 319 g/mol. The summed E-state index contributed by atoms with van der Waals surface area (Å²) in [7, 11) is 1.19. The van der Waals surface area contributed by atoms with Crippen LogP contribution in [-0.2, 0) is 10.9 Å². The minimum absolute atomic E-state index is 0.0565. The van der Waals surface area contributed by atoms with Crippen molar-refractivity contribution in [3.05, 3.63) is 41.2 Å². The van der Waals surface area contributed by atoms with Gasteiger partial charge in [0.2, 0.25) is 0 Å². The first-order valence-electron chi connectivity index (χ1n) is 5.58. The summed E-state index contributed by atoms with van der Waals surface area (Å²) in [6.45, 7) is 0. The first kappa shape index (κ1) is 15.2. The molecule has 0 saturated carbocycles. The minimum atomic E-state index is -4.53. The molecule has 0 unspecified atom stereocenters. The third-order valence-corrected chi connectivity index (χ3v) is 2.82. The number of anilines is 1. The molecule has 2 aromatic rings. The largest absolute Gasteiger partial charge is 0.453 e. The van der Waals surface area contributed by atoms with Gasteiger partial charge in [-0.05, 0) is 18.2 Å². The summed E-state index contributed by atoms with van der Waals surface area (Å²) in [5.74, 6) is 0.317. The quantitative estimate of drug-likeness (QED) is 0.917. The van der Waals surface area contributed by atoms with E-state index in [4.69, 9.17) is 11.6 Å². The lowest BCUT2D eigenvalue weighted by atomic mass is 10.3. The van der Waals surface area contributed by atoms with E-state index in [0.717, 1.165) is 6.07 Å². The fraction of sp³-hybridized carbons (Fsp3) is 0.167. The van der Waals surface area contributed by atoms with Crippen molar-refractivity contribution in [2.45, 2.75) is 6.18 Å². The van der Waals surface area contributed by atoms with E-state index < -0.39 is 17.8 Å². The Balaban J connectivity index is 2.40. The smallest absolute Gasteiger partial charge is 0.417 e. The number of carbonyl (C=O) groups is 1. The molecule has 0 spiro atoms. The van der Waals surface area contributed by atoms with Crippen molar-refractivity contribution < 1.29 is 22.7 Å². The molecule has 0 atom stereocenters. The van der Waals surface area contributed by atoms with Crippen molar-refractivity contribution in [1.29, 1.82) is 0 Å². The molecule has 0 aliphatic carbocycles. The number of carbonyl (C=O) groups excluding carboxylic acids is 1. The van der Waals surface area contributed by atoms with E-state index in [1.165, 1.54) is 23.9 Å². The number of pyridine rings is 1. The van der Waals surface area contributed by atoms with E-state index in [1.54, 1.807) is 6.07 Å². The normalized spacial score (nSPS) is 11.3. The lowest BCUT2D eigenvalue weighted by Crippen LogP contribution is -2.14. The van der Waals surface area contributed by atoms with Crippen molar-refractivity contribution in [2.24, 2.45) is 0 Å². The molecule has 0 bridgehead atoms. The summed E-state index contributed by atoms with van der Waals surface area (Å²) in [6.07, 6.45) is -3.09. The van der Waals surface area contributed by atoms with Crippen LogP contribution >= 0.6 is 11.6 Å². The summed E-state index contributed by atoms with van der Waals surface area (Å²) in [5, 5.41) is 2.19.